The molecule has 0 spiro atoms. The van der Waals surface area contributed by atoms with Crippen molar-refractivity contribution < 1.29 is 19.8 Å². The van der Waals surface area contributed by atoms with Gasteiger partial charge < -0.3 is 20.0 Å². The van der Waals surface area contributed by atoms with Crippen LogP contribution in [-0.4, -0.2) is 75.8 Å². The monoisotopic (exact) mass is 302 g/mol. The molecule has 20 heavy (non-hydrogen) atoms. The van der Waals surface area contributed by atoms with E-state index >= 15 is 0 Å². The van der Waals surface area contributed by atoms with Gasteiger partial charge in [-0.3, -0.25) is 4.79 Å². The molecular weight excluding hydrogens is 280 g/mol. The quantitative estimate of drug-likeness (QED) is 0.799. The highest BCUT2D eigenvalue weighted by Crippen LogP contribution is 2.24. The second kappa shape index (κ2) is 7.17. The first-order chi connectivity index (χ1) is 9.61. The van der Waals surface area contributed by atoms with E-state index < -0.39 is 5.97 Å². The molecule has 2 aliphatic heterocycles. The fraction of sp³-hybridized carbons (Fsp3) is 0.846. The van der Waals surface area contributed by atoms with E-state index in [-0.39, 0.29) is 25.1 Å². The standard InChI is InChI=1S/C13H22N2O4S/c16-5-2-10-1-3-14(8-10)13(19)15-4-6-20-9-11(15)7-12(17)18/h10-11,16H,1-9H2,(H,17,18). The Balaban J connectivity index is 1.94. The molecule has 0 saturated carbocycles. The molecular formula is C13H22N2O4S. The Hall–Kier alpha value is -0.950. The molecule has 0 aromatic heterocycles. The number of amides is 2. The second-order valence-electron chi connectivity index (χ2n) is 5.42. The highest BCUT2D eigenvalue weighted by molar-refractivity contribution is 7.99. The second-order valence-corrected chi connectivity index (χ2v) is 6.57. The summed E-state index contributed by atoms with van der Waals surface area (Å²) in [6.45, 7) is 2.19. The van der Waals surface area contributed by atoms with Crippen LogP contribution in [0.5, 0.6) is 0 Å². The molecule has 114 valence electrons. The maximum absolute atomic E-state index is 12.5. The van der Waals surface area contributed by atoms with E-state index in [9.17, 15) is 9.59 Å². The van der Waals surface area contributed by atoms with Gasteiger partial charge in [0, 0.05) is 37.7 Å². The van der Waals surface area contributed by atoms with Gasteiger partial charge in [-0.05, 0) is 18.8 Å². The maximum Gasteiger partial charge on any atom is 0.320 e. The van der Waals surface area contributed by atoms with Gasteiger partial charge in [-0.25, -0.2) is 4.79 Å². The number of hydrogen-bond acceptors (Lipinski definition) is 4. The van der Waals surface area contributed by atoms with Crippen LogP contribution in [-0.2, 0) is 4.79 Å². The third kappa shape index (κ3) is 3.79. The first-order valence-corrected chi connectivity index (χ1v) is 8.23. The minimum Gasteiger partial charge on any atom is -0.481 e. The van der Waals surface area contributed by atoms with Crippen molar-refractivity contribution in [2.24, 2.45) is 5.92 Å². The lowest BCUT2D eigenvalue weighted by Crippen LogP contribution is -2.52. The van der Waals surface area contributed by atoms with Gasteiger partial charge in [-0.2, -0.15) is 11.8 Å². The Morgan fingerprint density at radius 2 is 2.10 bits per heavy atom. The van der Waals surface area contributed by atoms with Crippen molar-refractivity contribution >= 4 is 23.8 Å². The Bertz CT molecular complexity index is 366. The highest BCUT2D eigenvalue weighted by atomic mass is 32.2. The van der Waals surface area contributed by atoms with Crippen LogP contribution in [0.3, 0.4) is 0 Å². The van der Waals surface area contributed by atoms with Crippen LogP contribution in [0.4, 0.5) is 4.79 Å². The molecule has 2 rings (SSSR count). The lowest BCUT2D eigenvalue weighted by Gasteiger charge is -2.37. The van der Waals surface area contributed by atoms with Crippen molar-refractivity contribution in [3.05, 3.63) is 0 Å². The SMILES string of the molecule is O=C(O)CC1CSCCN1C(=O)N1CCC(CCO)C1. The number of aliphatic hydroxyl groups is 1. The van der Waals surface area contributed by atoms with E-state index in [0.717, 1.165) is 18.6 Å². The van der Waals surface area contributed by atoms with Crippen molar-refractivity contribution in [1.82, 2.24) is 9.80 Å². The average Bonchev–Trinajstić information content (AvgIpc) is 2.87. The Morgan fingerprint density at radius 1 is 1.30 bits per heavy atom. The van der Waals surface area contributed by atoms with E-state index in [1.807, 2.05) is 4.90 Å². The molecule has 2 aliphatic rings. The smallest absolute Gasteiger partial charge is 0.320 e. The fourth-order valence-electron chi connectivity index (χ4n) is 2.88. The molecule has 0 radical (unpaired) electrons. The van der Waals surface area contributed by atoms with Crippen molar-refractivity contribution in [2.75, 3.05) is 37.7 Å². The van der Waals surface area contributed by atoms with Gasteiger partial charge in [0.15, 0.2) is 0 Å². The van der Waals surface area contributed by atoms with E-state index in [0.29, 0.717) is 31.3 Å². The molecule has 2 heterocycles. The van der Waals surface area contributed by atoms with Gasteiger partial charge in [0.2, 0.25) is 0 Å². The number of likely N-dealkylation sites (tertiary alicyclic amines) is 1. The van der Waals surface area contributed by atoms with Crippen LogP contribution in [0.2, 0.25) is 0 Å². The largest absolute Gasteiger partial charge is 0.481 e. The molecule has 2 atom stereocenters. The van der Waals surface area contributed by atoms with Crippen molar-refractivity contribution in [3.63, 3.8) is 0 Å². The number of thioether (sulfide) groups is 1. The Labute approximate surface area is 123 Å². The molecule has 7 heteroatoms. The number of carboxylic acid groups (broad SMARTS) is 1. The zero-order valence-corrected chi connectivity index (χ0v) is 12.3. The summed E-state index contributed by atoms with van der Waals surface area (Å²) in [4.78, 5) is 27.0. The maximum atomic E-state index is 12.5. The number of hydrogen-bond donors (Lipinski definition) is 2. The summed E-state index contributed by atoms with van der Waals surface area (Å²) in [5.41, 5.74) is 0. The lowest BCUT2D eigenvalue weighted by molar-refractivity contribution is -0.138. The van der Waals surface area contributed by atoms with Crippen LogP contribution in [0, 0.1) is 5.92 Å². The predicted molar refractivity (Wildman–Crippen MR) is 76.9 cm³/mol. The molecule has 2 fully saturated rings. The number of aliphatic hydroxyl groups excluding tert-OH is 1. The van der Waals surface area contributed by atoms with Gasteiger partial charge in [-0.15, -0.1) is 0 Å². The van der Waals surface area contributed by atoms with Gasteiger partial charge in [0.05, 0.1) is 12.5 Å². The van der Waals surface area contributed by atoms with Crippen molar-refractivity contribution in [3.8, 4) is 0 Å². The topological polar surface area (TPSA) is 81.1 Å². The molecule has 0 bridgehead atoms. The molecule has 0 aromatic carbocycles. The zero-order valence-electron chi connectivity index (χ0n) is 11.5. The van der Waals surface area contributed by atoms with Gasteiger partial charge in [-0.1, -0.05) is 0 Å². The highest BCUT2D eigenvalue weighted by Gasteiger charge is 2.34. The van der Waals surface area contributed by atoms with Crippen molar-refractivity contribution in [2.45, 2.75) is 25.3 Å². The molecule has 2 amide bonds. The number of carbonyl (C=O) groups excluding carboxylic acids is 1. The normalized spacial score (nSPS) is 26.9. The first kappa shape index (κ1) is 15.4. The summed E-state index contributed by atoms with van der Waals surface area (Å²) in [5.74, 6) is 1.10. The summed E-state index contributed by atoms with van der Waals surface area (Å²) >= 11 is 1.71. The number of nitrogens with zero attached hydrogens (tertiary/aromatic N) is 2. The van der Waals surface area contributed by atoms with E-state index in [1.54, 1.807) is 16.7 Å². The average molecular weight is 302 g/mol. The molecule has 2 N–H and O–H groups in total. The van der Waals surface area contributed by atoms with Crippen LogP contribution < -0.4 is 0 Å². The third-order valence-electron chi connectivity index (χ3n) is 3.98. The summed E-state index contributed by atoms with van der Waals surface area (Å²) < 4.78 is 0. The minimum atomic E-state index is -0.852. The number of rotatable bonds is 4. The number of urea groups is 1. The van der Waals surface area contributed by atoms with Crippen LogP contribution in [0.25, 0.3) is 0 Å². The molecule has 2 saturated heterocycles. The van der Waals surface area contributed by atoms with Crippen LogP contribution in [0.1, 0.15) is 19.3 Å². The van der Waals surface area contributed by atoms with E-state index in [4.69, 9.17) is 10.2 Å². The minimum absolute atomic E-state index is 0.0205. The summed E-state index contributed by atoms with van der Waals surface area (Å²) in [5, 5.41) is 17.9. The summed E-state index contributed by atoms with van der Waals surface area (Å²) in [7, 11) is 0. The summed E-state index contributed by atoms with van der Waals surface area (Å²) in [6, 6.07) is -0.229. The molecule has 0 aliphatic carbocycles. The zero-order chi connectivity index (χ0) is 14.5. The Morgan fingerprint density at radius 3 is 2.80 bits per heavy atom. The predicted octanol–water partition coefficient (Wildman–Crippen LogP) is 0.703. The third-order valence-corrected chi connectivity index (χ3v) is 5.07. The van der Waals surface area contributed by atoms with Gasteiger partial charge in [0.25, 0.3) is 0 Å². The van der Waals surface area contributed by atoms with E-state index in [1.165, 1.54) is 0 Å². The molecule has 6 nitrogen and oxygen atoms in total. The molecule has 0 aromatic rings. The first-order valence-electron chi connectivity index (χ1n) is 7.07. The summed E-state index contributed by atoms with van der Waals surface area (Å²) in [6.07, 6.45) is 1.68. The molecule has 2 unspecified atom stereocenters. The van der Waals surface area contributed by atoms with Crippen LogP contribution in [0.15, 0.2) is 0 Å². The number of carboxylic acids is 1. The van der Waals surface area contributed by atoms with Gasteiger partial charge in [0.1, 0.15) is 0 Å². The fourth-order valence-corrected chi connectivity index (χ4v) is 3.95. The van der Waals surface area contributed by atoms with Gasteiger partial charge >= 0.3 is 12.0 Å². The van der Waals surface area contributed by atoms with Crippen LogP contribution >= 0.6 is 11.8 Å². The Kier molecular flexibility index (Phi) is 5.54. The lowest BCUT2D eigenvalue weighted by atomic mass is 10.1. The van der Waals surface area contributed by atoms with E-state index in [2.05, 4.69) is 0 Å². The number of carbonyl (C=O) groups is 2. The number of aliphatic carboxylic acids is 1. The van der Waals surface area contributed by atoms with Crippen molar-refractivity contribution in [1.29, 1.82) is 0 Å².